The van der Waals surface area contributed by atoms with Crippen molar-refractivity contribution in [3.8, 4) is 0 Å². The van der Waals surface area contributed by atoms with Crippen LogP contribution in [0.5, 0.6) is 0 Å². The fourth-order valence-corrected chi connectivity index (χ4v) is 0.903. The lowest BCUT2D eigenvalue weighted by Crippen LogP contribution is -1.83. The largest absolute Gasteiger partial charge is 0.449 e. The molecule has 0 bridgehead atoms. The molecule has 0 unspecified atom stereocenters. The second kappa shape index (κ2) is 8.31. The van der Waals surface area contributed by atoms with Crippen LogP contribution in [-0.4, -0.2) is 4.98 Å². The van der Waals surface area contributed by atoms with Crippen molar-refractivity contribution >= 4 is 0 Å². The summed E-state index contributed by atoms with van der Waals surface area (Å²) >= 11 is 0. The van der Waals surface area contributed by atoms with E-state index in [1.54, 1.807) is 12.5 Å². The first-order valence-corrected chi connectivity index (χ1v) is 4.82. The summed E-state index contributed by atoms with van der Waals surface area (Å²) in [6.07, 6.45) is 8.02. The third kappa shape index (κ3) is 4.94. The lowest BCUT2D eigenvalue weighted by Gasteiger charge is -1.91. The molecule has 1 aromatic rings. The summed E-state index contributed by atoms with van der Waals surface area (Å²) in [6, 6.07) is 0. The van der Waals surface area contributed by atoms with E-state index in [-0.39, 0.29) is 0 Å². The predicted molar refractivity (Wildman–Crippen MR) is 51.1 cm³/mol. The Morgan fingerprint density at radius 2 is 2.08 bits per heavy atom. The van der Waals surface area contributed by atoms with Crippen LogP contribution in [0.3, 0.4) is 0 Å². The van der Waals surface area contributed by atoms with Gasteiger partial charge in [-0.15, -0.1) is 0 Å². The Balaban J connectivity index is 0.000000561. The van der Waals surface area contributed by atoms with Gasteiger partial charge in [0.25, 0.3) is 0 Å². The Morgan fingerprint density at radius 3 is 2.58 bits per heavy atom. The van der Waals surface area contributed by atoms with E-state index in [0.717, 1.165) is 12.3 Å². The zero-order chi connectivity index (χ0) is 9.23. The minimum atomic E-state index is 0.869. The SMILES string of the molecule is CC.CCCCCc1ncco1. The van der Waals surface area contributed by atoms with Gasteiger partial charge in [-0.05, 0) is 6.42 Å². The number of aryl methyl sites for hydroxylation is 1. The first kappa shape index (κ1) is 11.2. The van der Waals surface area contributed by atoms with E-state index in [4.69, 9.17) is 4.42 Å². The maximum absolute atomic E-state index is 5.07. The van der Waals surface area contributed by atoms with Gasteiger partial charge in [0.2, 0.25) is 0 Å². The van der Waals surface area contributed by atoms with Gasteiger partial charge in [0.15, 0.2) is 5.89 Å². The summed E-state index contributed by atoms with van der Waals surface area (Å²) in [5, 5.41) is 0. The van der Waals surface area contributed by atoms with Crippen LogP contribution in [0, 0.1) is 0 Å². The molecule has 0 amide bonds. The predicted octanol–water partition coefficient (Wildman–Crippen LogP) is 3.43. The molecular formula is C10H19NO. The quantitative estimate of drug-likeness (QED) is 0.645. The van der Waals surface area contributed by atoms with E-state index >= 15 is 0 Å². The fourth-order valence-electron chi connectivity index (χ4n) is 0.903. The molecule has 1 heterocycles. The fraction of sp³-hybridized carbons (Fsp3) is 0.700. The second-order valence-electron chi connectivity index (χ2n) is 2.38. The van der Waals surface area contributed by atoms with Crippen LogP contribution in [0.15, 0.2) is 16.9 Å². The van der Waals surface area contributed by atoms with E-state index in [1.807, 2.05) is 13.8 Å². The summed E-state index contributed by atoms with van der Waals surface area (Å²) in [4.78, 5) is 4.02. The molecule has 0 saturated heterocycles. The number of oxazole rings is 1. The van der Waals surface area contributed by atoms with Gasteiger partial charge in [-0.1, -0.05) is 33.6 Å². The Hall–Kier alpha value is -0.790. The molecule has 0 aliphatic carbocycles. The maximum Gasteiger partial charge on any atom is 0.193 e. The summed E-state index contributed by atoms with van der Waals surface area (Å²) in [6.45, 7) is 6.19. The smallest absolute Gasteiger partial charge is 0.193 e. The first-order chi connectivity index (χ1) is 5.93. The number of rotatable bonds is 4. The molecule has 1 rings (SSSR count). The Labute approximate surface area is 75.0 Å². The van der Waals surface area contributed by atoms with Crippen molar-refractivity contribution in [3.63, 3.8) is 0 Å². The molecule has 0 atom stereocenters. The van der Waals surface area contributed by atoms with E-state index in [0.29, 0.717) is 0 Å². The Kier molecular flexibility index (Phi) is 7.76. The zero-order valence-electron chi connectivity index (χ0n) is 8.34. The zero-order valence-corrected chi connectivity index (χ0v) is 8.34. The third-order valence-electron chi connectivity index (χ3n) is 1.48. The molecule has 0 N–H and O–H groups in total. The highest BCUT2D eigenvalue weighted by molar-refractivity contribution is 4.79. The summed E-state index contributed by atoms with van der Waals surface area (Å²) in [5.74, 6) is 0.869. The van der Waals surface area contributed by atoms with E-state index in [1.165, 1.54) is 19.3 Å². The molecule has 0 saturated carbocycles. The van der Waals surface area contributed by atoms with Crippen molar-refractivity contribution in [2.24, 2.45) is 0 Å². The summed E-state index contributed by atoms with van der Waals surface area (Å²) in [7, 11) is 0. The van der Waals surface area contributed by atoms with E-state index < -0.39 is 0 Å². The lowest BCUT2D eigenvalue weighted by molar-refractivity contribution is 0.482. The standard InChI is InChI=1S/C8H13NO.C2H6/c1-2-3-4-5-8-9-6-7-10-8;1-2/h6-7H,2-5H2,1H3;1-2H3. The lowest BCUT2D eigenvalue weighted by atomic mass is 10.2. The Morgan fingerprint density at radius 1 is 1.33 bits per heavy atom. The topological polar surface area (TPSA) is 26.0 Å². The molecule has 2 nitrogen and oxygen atoms in total. The molecule has 0 spiro atoms. The van der Waals surface area contributed by atoms with Crippen LogP contribution >= 0.6 is 0 Å². The molecule has 0 radical (unpaired) electrons. The molecule has 1 aromatic heterocycles. The monoisotopic (exact) mass is 169 g/mol. The van der Waals surface area contributed by atoms with Gasteiger partial charge in [-0.2, -0.15) is 0 Å². The second-order valence-corrected chi connectivity index (χ2v) is 2.38. The van der Waals surface area contributed by atoms with Gasteiger partial charge in [0.1, 0.15) is 6.26 Å². The van der Waals surface area contributed by atoms with Crippen LogP contribution in [0.25, 0.3) is 0 Å². The van der Waals surface area contributed by atoms with Gasteiger partial charge in [0, 0.05) is 6.42 Å². The van der Waals surface area contributed by atoms with Crippen LogP contribution in [0.4, 0.5) is 0 Å². The molecule has 0 fully saturated rings. The maximum atomic E-state index is 5.07. The van der Waals surface area contributed by atoms with Gasteiger partial charge in [0.05, 0.1) is 6.20 Å². The van der Waals surface area contributed by atoms with Crippen molar-refractivity contribution in [2.75, 3.05) is 0 Å². The van der Waals surface area contributed by atoms with Crippen molar-refractivity contribution in [3.05, 3.63) is 18.4 Å². The minimum absolute atomic E-state index is 0.869. The summed E-state index contributed by atoms with van der Waals surface area (Å²) in [5.41, 5.74) is 0. The van der Waals surface area contributed by atoms with Crippen LogP contribution < -0.4 is 0 Å². The van der Waals surface area contributed by atoms with Gasteiger partial charge in [-0.25, -0.2) is 4.98 Å². The molecule has 0 aliphatic rings. The van der Waals surface area contributed by atoms with Crippen LogP contribution in [0.2, 0.25) is 0 Å². The van der Waals surface area contributed by atoms with Gasteiger partial charge >= 0.3 is 0 Å². The molecule has 12 heavy (non-hydrogen) atoms. The molecule has 0 aliphatic heterocycles. The highest BCUT2D eigenvalue weighted by Gasteiger charge is 1.94. The highest BCUT2D eigenvalue weighted by atomic mass is 16.3. The van der Waals surface area contributed by atoms with Crippen molar-refractivity contribution in [1.29, 1.82) is 0 Å². The number of hydrogen-bond donors (Lipinski definition) is 0. The number of hydrogen-bond acceptors (Lipinski definition) is 2. The minimum Gasteiger partial charge on any atom is -0.449 e. The molecule has 0 aromatic carbocycles. The van der Waals surface area contributed by atoms with Crippen molar-refractivity contribution < 1.29 is 4.42 Å². The average Bonchev–Trinajstić information content (AvgIpc) is 2.61. The molecule has 70 valence electrons. The van der Waals surface area contributed by atoms with E-state index in [2.05, 4.69) is 11.9 Å². The highest BCUT2D eigenvalue weighted by Crippen LogP contribution is 2.02. The molecule has 2 heteroatoms. The number of nitrogens with zero attached hydrogens (tertiary/aromatic N) is 1. The first-order valence-electron chi connectivity index (χ1n) is 4.82. The number of aromatic nitrogens is 1. The molecular weight excluding hydrogens is 150 g/mol. The Bertz CT molecular complexity index is 158. The van der Waals surface area contributed by atoms with Crippen molar-refractivity contribution in [1.82, 2.24) is 4.98 Å². The number of unbranched alkanes of at least 4 members (excludes halogenated alkanes) is 2. The summed E-state index contributed by atoms with van der Waals surface area (Å²) < 4.78 is 5.07. The van der Waals surface area contributed by atoms with Crippen molar-refractivity contribution in [2.45, 2.75) is 46.5 Å². The van der Waals surface area contributed by atoms with Crippen LogP contribution in [0.1, 0.15) is 45.9 Å². The van der Waals surface area contributed by atoms with Crippen LogP contribution in [-0.2, 0) is 6.42 Å². The average molecular weight is 169 g/mol. The van der Waals surface area contributed by atoms with Gasteiger partial charge in [-0.3, -0.25) is 0 Å². The van der Waals surface area contributed by atoms with Gasteiger partial charge < -0.3 is 4.42 Å². The normalized spacial score (nSPS) is 8.92. The van der Waals surface area contributed by atoms with E-state index in [9.17, 15) is 0 Å². The third-order valence-corrected chi connectivity index (χ3v) is 1.48.